The Hall–Kier alpha value is -1.62. The normalized spacial score (nSPS) is 18.2. The summed E-state index contributed by atoms with van der Waals surface area (Å²) in [6, 6.07) is 8.19. The molecule has 1 N–H and O–H groups in total. The van der Waals surface area contributed by atoms with Crippen molar-refractivity contribution in [2.45, 2.75) is 38.6 Å². The summed E-state index contributed by atoms with van der Waals surface area (Å²) in [5, 5.41) is 4.24. The molecule has 1 atom stereocenters. The lowest BCUT2D eigenvalue weighted by molar-refractivity contribution is 0.258. The van der Waals surface area contributed by atoms with E-state index in [4.69, 9.17) is 4.74 Å². The van der Waals surface area contributed by atoms with Gasteiger partial charge in [-0.05, 0) is 38.8 Å². The fourth-order valence-corrected chi connectivity index (χ4v) is 3.12. The molecule has 1 aliphatic rings. The zero-order chi connectivity index (χ0) is 14.2. The van der Waals surface area contributed by atoms with E-state index in [1.165, 1.54) is 17.1 Å². The fraction of sp³-hybridized carbons (Fsp3) is 0.467. The fourth-order valence-electron chi connectivity index (χ4n) is 2.27. The third-order valence-corrected chi connectivity index (χ3v) is 3.81. The van der Waals surface area contributed by atoms with Crippen LogP contribution >= 0.6 is 11.5 Å². The summed E-state index contributed by atoms with van der Waals surface area (Å²) < 4.78 is 10.3. The number of ether oxygens (including phenoxy) is 1. The molecule has 1 unspecified atom stereocenters. The molecule has 4 nitrogen and oxygen atoms in total. The molecule has 0 fully saturated rings. The second-order valence-electron chi connectivity index (χ2n) is 6.15. The summed E-state index contributed by atoms with van der Waals surface area (Å²) in [7, 11) is 0. The van der Waals surface area contributed by atoms with Gasteiger partial charge in [0.25, 0.3) is 0 Å². The first-order chi connectivity index (χ1) is 9.51. The van der Waals surface area contributed by atoms with Gasteiger partial charge in [0, 0.05) is 17.1 Å². The van der Waals surface area contributed by atoms with Crippen LogP contribution in [0.2, 0.25) is 0 Å². The van der Waals surface area contributed by atoms with E-state index in [0.29, 0.717) is 6.61 Å². The monoisotopic (exact) mass is 289 g/mol. The number of hydrogen-bond acceptors (Lipinski definition) is 5. The molecule has 2 aromatic rings. The van der Waals surface area contributed by atoms with Crippen LogP contribution in [0, 0.1) is 0 Å². The van der Waals surface area contributed by atoms with Gasteiger partial charge >= 0.3 is 0 Å². The van der Waals surface area contributed by atoms with Crippen LogP contribution in [0.25, 0.3) is 0 Å². The number of aromatic nitrogens is 2. The van der Waals surface area contributed by atoms with Gasteiger partial charge in [-0.3, -0.25) is 0 Å². The van der Waals surface area contributed by atoms with E-state index >= 15 is 0 Å². The molecule has 0 spiro atoms. The van der Waals surface area contributed by atoms with E-state index in [2.05, 4.69) is 41.5 Å². The Kier molecular flexibility index (Phi) is 3.38. The highest BCUT2D eigenvalue weighted by Gasteiger charge is 2.25. The van der Waals surface area contributed by atoms with Crippen LogP contribution in [0.15, 0.2) is 24.3 Å². The van der Waals surface area contributed by atoms with Gasteiger partial charge < -0.3 is 10.1 Å². The van der Waals surface area contributed by atoms with Crippen molar-refractivity contribution in [2.24, 2.45) is 0 Å². The summed E-state index contributed by atoms with van der Waals surface area (Å²) in [5.41, 5.74) is 1.25. The van der Waals surface area contributed by atoms with Gasteiger partial charge in [0.2, 0.25) is 5.13 Å². The first-order valence-electron chi connectivity index (χ1n) is 6.84. The van der Waals surface area contributed by atoms with Crippen LogP contribution in [0.3, 0.4) is 0 Å². The lowest BCUT2D eigenvalue weighted by Crippen LogP contribution is -2.26. The van der Waals surface area contributed by atoms with E-state index in [1.54, 1.807) is 0 Å². The summed E-state index contributed by atoms with van der Waals surface area (Å²) >= 11 is 1.42. The zero-order valence-electron chi connectivity index (χ0n) is 12.0. The van der Waals surface area contributed by atoms with E-state index in [0.717, 1.165) is 23.1 Å². The van der Waals surface area contributed by atoms with Gasteiger partial charge in [0.15, 0.2) is 5.82 Å². The number of nitrogens with one attached hydrogen (secondary N) is 1. The zero-order valence-corrected chi connectivity index (χ0v) is 12.8. The second kappa shape index (κ2) is 5.05. The maximum atomic E-state index is 5.80. The van der Waals surface area contributed by atoms with E-state index in [9.17, 15) is 0 Å². The quantitative estimate of drug-likeness (QED) is 0.919. The molecule has 20 heavy (non-hydrogen) atoms. The minimum atomic E-state index is 0.00642. The van der Waals surface area contributed by atoms with Crippen molar-refractivity contribution >= 4 is 16.7 Å². The maximum Gasteiger partial charge on any atom is 0.202 e. The van der Waals surface area contributed by atoms with Gasteiger partial charge in [-0.15, -0.1) is 0 Å². The number of fused-ring (bicyclic) bond motifs is 1. The van der Waals surface area contributed by atoms with E-state index in [-0.39, 0.29) is 11.5 Å². The molecule has 0 aliphatic carbocycles. The second-order valence-corrected chi connectivity index (χ2v) is 6.90. The predicted molar refractivity (Wildman–Crippen MR) is 81.7 cm³/mol. The Morgan fingerprint density at radius 2 is 2.10 bits per heavy atom. The summed E-state index contributed by atoms with van der Waals surface area (Å²) in [4.78, 5) is 4.61. The Bertz CT molecular complexity index is 603. The molecule has 0 saturated carbocycles. The van der Waals surface area contributed by atoms with Crippen LogP contribution in [0.5, 0.6) is 5.75 Å². The number of rotatable bonds is 2. The van der Waals surface area contributed by atoms with Crippen molar-refractivity contribution in [3.05, 3.63) is 35.7 Å². The molecule has 0 amide bonds. The van der Waals surface area contributed by atoms with Crippen molar-refractivity contribution in [3.63, 3.8) is 0 Å². The largest absolute Gasteiger partial charge is 0.493 e. The first-order valence-corrected chi connectivity index (χ1v) is 7.61. The van der Waals surface area contributed by atoms with Crippen LogP contribution < -0.4 is 10.1 Å². The SMILES string of the molecule is CC(C)(C)Nc1nc(C2COc3ccccc3C2)ns1. The minimum Gasteiger partial charge on any atom is -0.493 e. The van der Waals surface area contributed by atoms with Crippen LogP contribution in [-0.4, -0.2) is 21.5 Å². The van der Waals surface area contributed by atoms with Crippen molar-refractivity contribution in [1.29, 1.82) is 0 Å². The third kappa shape index (κ3) is 2.93. The van der Waals surface area contributed by atoms with Crippen molar-refractivity contribution in [2.75, 3.05) is 11.9 Å². The minimum absolute atomic E-state index is 0.00642. The molecule has 2 heterocycles. The summed E-state index contributed by atoms with van der Waals surface area (Å²) in [5.74, 6) is 2.12. The van der Waals surface area contributed by atoms with Gasteiger partial charge in [-0.2, -0.15) is 4.37 Å². The third-order valence-electron chi connectivity index (χ3n) is 3.17. The Balaban J connectivity index is 1.75. The van der Waals surface area contributed by atoms with Gasteiger partial charge in [-0.25, -0.2) is 4.98 Å². The smallest absolute Gasteiger partial charge is 0.202 e. The molecule has 1 aromatic carbocycles. The van der Waals surface area contributed by atoms with Gasteiger partial charge in [0.05, 0.1) is 12.5 Å². The topological polar surface area (TPSA) is 47.0 Å². The van der Waals surface area contributed by atoms with Crippen molar-refractivity contribution in [1.82, 2.24) is 9.36 Å². The highest BCUT2D eigenvalue weighted by molar-refractivity contribution is 7.09. The molecule has 0 bridgehead atoms. The summed E-state index contributed by atoms with van der Waals surface area (Å²) in [6.07, 6.45) is 0.946. The van der Waals surface area contributed by atoms with Gasteiger partial charge in [0.1, 0.15) is 5.75 Å². The number of benzene rings is 1. The maximum absolute atomic E-state index is 5.80. The van der Waals surface area contributed by atoms with Crippen LogP contribution in [0.1, 0.15) is 38.1 Å². The number of hydrogen-bond donors (Lipinski definition) is 1. The lowest BCUT2D eigenvalue weighted by Gasteiger charge is -2.23. The van der Waals surface area contributed by atoms with E-state index < -0.39 is 0 Å². The van der Waals surface area contributed by atoms with Gasteiger partial charge in [-0.1, -0.05) is 18.2 Å². The highest BCUT2D eigenvalue weighted by Crippen LogP contribution is 2.32. The molecule has 3 rings (SSSR count). The molecule has 106 valence electrons. The molecular weight excluding hydrogens is 270 g/mol. The van der Waals surface area contributed by atoms with Crippen molar-refractivity contribution in [3.8, 4) is 5.75 Å². The molecule has 1 aromatic heterocycles. The number of anilines is 1. The molecule has 5 heteroatoms. The molecule has 1 aliphatic heterocycles. The first kappa shape index (κ1) is 13.4. The Morgan fingerprint density at radius 3 is 2.90 bits per heavy atom. The number of nitrogens with zero attached hydrogens (tertiary/aromatic N) is 2. The predicted octanol–water partition coefficient (Wildman–Crippen LogP) is 3.47. The standard InChI is InChI=1S/C15H19N3OS/c1-15(2,3)17-14-16-13(18-20-14)11-8-10-6-4-5-7-12(10)19-9-11/h4-7,11H,8-9H2,1-3H3,(H,16,17,18). The van der Waals surface area contributed by atoms with Crippen molar-refractivity contribution < 1.29 is 4.74 Å². The molecular formula is C15H19N3OS. The number of para-hydroxylation sites is 1. The average molecular weight is 289 g/mol. The van der Waals surface area contributed by atoms with Crippen LogP contribution in [-0.2, 0) is 6.42 Å². The lowest BCUT2D eigenvalue weighted by atomic mass is 9.96. The highest BCUT2D eigenvalue weighted by atomic mass is 32.1. The molecule has 0 saturated heterocycles. The Labute approximate surface area is 123 Å². The average Bonchev–Trinajstić information content (AvgIpc) is 2.84. The molecule has 0 radical (unpaired) electrons. The van der Waals surface area contributed by atoms with Crippen LogP contribution in [0.4, 0.5) is 5.13 Å². The van der Waals surface area contributed by atoms with E-state index in [1.807, 2.05) is 18.2 Å². The summed E-state index contributed by atoms with van der Waals surface area (Å²) in [6.45, 7) is 7.01. The Morgan fingerprint density at radius 1 is 1.30 bits per heavy atom.